The second kappa shape index (κ2) is 9.04. The number of piperidine rings is 1. The fourth-order valence-corrected chi connectivity index (χ4v) is 3.29. The van der Waals surface area contributed by atoms with Gasteiger partial charge in [0, 0.05) is 13.2 Å². The van der Waals surface area contributed by atoms with Gasteiger partial charge in [-0.2, -0.15) is 0 Å². The molecule has 0 saturated carbocycles. The first-order valence-corrected chi connectivity index (χ1v) is 8.79. The second-order valence-corrected chi connectivity index (χ2v) is 6.89. The molecule has 0 bridgehead atoms. The summed E-state index contributed by atoms with van der Waals surface area (Å²) >= 11 is 0. The highest BCUT2D eigenvalue weighted by atomic mass is 16.3. The van der Waals surface area contributed by atoms with Crippen molar-refractivity contribution in [1.29, 1.82) is 0 Å². The van der Waals surface area contributed by atoms with Crippen LogP contribution in [-0.2, 0) is 4.79 Å². The molecule has 128 valence electrons. The van der Waals surface area contributed by atoms with E-state index >= 15 is 0 Å². The van der Waals surface area contributed by atoms with E-state index in [-0.39, 0.29) is 18.6 Å². The minimum absolute atomic E-state index is 0.0539. The highest BCUT2D eigenvalue weighted by molar-refractivity contribution is 5.81. The monoisotopic (exact) mass is 318 g/mol. The van der Waals surface area contributed by atoms with Gasteiger partial charge in [-0.1, -0.05) is 44.2 Å². The van der Waals surface area contributed by atoms with Crippen molar-refractivity contribution in [3.8, 4) is 0 Å². The molecule has 1 atom stereocenters. The van der Waals surface area contributed by atoms with E-state index in [4.69, 9.17) is 0 Å². The Morgan fingerprint density at radius 1 is 1.26 bits per heavy atom. The Bertz CT molecular complexity index is 468. The first kappa shape index (κ1) is 18.0. The number of likely N-dealkylation sites (tertiary alicyclic amines) is 1. The largest absolute Gasteiger partial charge is 0.396 e. The summed E-state index contributed by atoms with van der Waals surface area (Å²) < 4.78 is 0. The summed E-state index contributed by atoms with van der Waals surface area (Å²) in [5.74, 6) is 1.09. The minimum atomic E-state index is -0.199. The molecule has 4 heteroatoms. The van der Waals surface area contributed by atoms with Crippen LogP contribution in [0, 0.1) is 5.92 Å². The smallest absolute Gasteiger partial charge is 0.237 e. The van der Waals surface area contributed by atoms with Gasteiger partial charge in [-0.25, -0.2) is 0 Å². The van der Waals surface area contributed by atoms with E-state index in [9.17, 15) is 9.90 Å². The number of carbonyl (C=O) groups is 1. The van der Waals surface area contributed by atoms with Crippen molar-refractivity contribution < 1.29 is 9.90 Å². The molecule has 1 fully saturated rings. The van der Waals surface area contributed by atoms with Gasteiger partial charge in [0.25, 0.3) is 0 Å². The summed E-state index contributed by atoms with van der Waals surface area (Å²) in [6.45, 7) is 6.76. The van der Waals surface area contributed by atoms with Crippen LogP contribution in [-0.4, -0.2) is 48.2 Å². The lowest BCUT2D eigenvalue weighted by atomic mass is 9.88. The van der Waals surface area contributed by atoms with Gasteiger partial charge in [-0.15, -0.1) is 0 Å². The van der Waals surface area contributed by atoms with Crippen molar-refractivity contribution in [3.63, 3.8) is 0 Å². The lowest BCUT2D eigenvalue weighted by molar-refractivity contribution is -0.127. The number of hydrogen-bond donors (Lipinski definition) is 2. The zero-order chi connectivity index (χ0) is 16.7. The molecule has 0 aromatic heterocycles. The second-order valence-electron chi connectivity index (χ2n) is 6.89. The number of nitrogens with one attached hydrogen (secondary N) is 1. The first-order valence-electron chi connectivity index (χ1n) is 8.79. The molecule has 1 unspecified atom stereocenters. The molecular weight excluding hydrogens is 288 g/mol. The van der Waals surface area contributed by atoms with Crippen LogP contribution >= 0.6 is 0 Å². The molecule has 1 aromatic rings. The van der Waals surface area contributed by atoms with Crippen LogP contribution in [0.4, 0.5) is 0 Å². The van der Waals surface area contributed by atoms with Crippen molar-refractivity contribution in [3.05, 3.63) is 35.9 Å². The third kappa shape index (κ3) is 5.33. The highest BCUT2D eigenvalue weighted by Crippen LogP contribution is 2.29. The van der Waals surface area contributed by atoms with Gasteiger partial charge in [0.15, 0.2) is 0 Å². The maximum Gasteiger partial charge on any atom is 0.237 e. The number of rotatable bonds is 7. The molecule has 2 N–H and O–H groups in total. The Hall–Kier alpha value is -1.39. The van der Waals surface area contributed by atoms with Crippen molar-refractivity contribution in [2.24, 2.45) is 5.92 Å². The topological polar surface area (TPSA) is 52.6 Å². The van der Waals surface area contributed by atoms with Gasteiger partial charge >= 0.3 is 0 Å². The summed E-state index contributed by atoms with van der Waals surface area (Å²) in [4.78, 5) is 14.7. The summed E-state index contributed by atoms with van der Waals surface area (Å²) in [6, 6.07) is 10.4. The van der Waals surface area contributed by atoms with E-state index in [2.05, 4.69) is 54.4 Å². The normalized spacial score (nSPS) is 18.1. The Morgan fingerprint density at radius 3 is 2.48 bits per heavy atom. The maximum atomic E-state index is 12.4. The van der Waals surface area contributed by atoms with Gasteiger partial charge in [0.2, 0.25) is 5.91 Å². The zero-order valence-corrected chi connectivity index (χ0v) is 14.4. The van der Waals surface area contributed by atoms with Crippen LogP contribution < -0.4 is 5.32 Å². The average molecular weight is 318 g/mol. The zero-order valence-electron chi connectivity index (χ0n) is 14.4. The Balaban J connectivity index is 1.90. The minimum Gasteiger partial charge on any atom is -0.396 e. The SMILES string of the molecule is CC(C)CNC(=O)C(CCO)N1CCC(c2ccccc2)CC1. The summed E-state index contributed by atoms with van der Waals surface area (Å²) in [6.07, 6.45) is 2.66. The van der Waals surface area contributed by atoms with Crippen LogP contribution in [0.1, 0.15) is 44.6 Å². The Kier molecular flexibility index (Phi) is 7.06. The number of nitrogens with zero attached hydrogens (tertiary/aromatic N) is 1. The lowest BCUT2D eigenvalue weighted by Gasteiger charge is -2.37. The quantitative estimate of drug-likeness (QED) is 0.811. The van der Waals surface area contributed by atoms with Gasteiger partial charge in [-0.3, -0.25) is 9.69 Å². The average Bonchev–Trinajstić information content (AvgIpc) is 2.58. The van der Waals surface area contributed by atoms with E-state index in [1.54, 1.807) is 0 Å². The number of aliphatic hydroxyl groups is 1. The van der Waals surface area contributed by atoms with Gasteiger partial charge in [-0.05, 0) is 49.8 Å². The van der Waals surface area contributed by atoms with Crippen LogP contribution in [0.2, 0.25) is 0 Å². The fraction of sp³-hybridized carbons (Fsp3) is 0.632. The number of carbonyl (C=O) groups excluding carboxylic acids is 1. The summed E-state index contributed by atoms with van der Waals surface area (Å²) in [7, 11) is 0. The summed E-state index contributed by atoms with van der Waals surface area (Å²) in [5, 5.41) is 12.3. The van der Waals surface area contributed by atoms with Gasteiger partial charge < -0.3 is 10.4 Å². The molecule has 2 rings (SSSR count). The number of amides is 1. The molecule has 1 aliphatic rings. The van der Waals surface area contributed by atoms with E-state index in [1.807, 2.05) is 0 Å². The molecule has 1 aliphatic heterocycles. The maximum absolute atomic E-state index is 12.4. The molecule has 1 heterocycles. The predicted octanol–water partition coefficient (Wildman–Crippen LogP) is 2.39. The first-order chi connectivity index (χ1) is 11.1. The number of hydrogen-bond acceptors (Lipinski definition) is 3. The van der Waals surface area contributed by atoms with Crippen LogP contribution in [0.15, 0.2) is 30.3 Å². The van der Waals surface area contributed by atoms with Gasteiger partial charge in [0.1, 0.15) is 0 Å². The van der Waals surface area contributed by atoms with Crippen molar-refractivity contribution in [2.45, 2.75) is 45.1 Å². The lowest BCUT2D eigenvalue weighted by Crippen LogP contribution is -2.50. The van der Waals surface area contributed by atoms with Crippen LogP contribution in [0.5, 0.6) is 0 Å². The number of aliphatic hydroxyl groups excluding tert-OH is 1. The predicted molar refractivity (Wildman–Crippen MR) is 93.3 cm³/mol. The molecule has 0 radical (unpaired) electrons. The van der Waals surface area contributed by atoms with Crippen LogP contribution in [0.25, 0.3) is 0 Å². The van der Waals surface area contributed by atoms with Crippen LogP contribution in [0.3, 0.4) is 0 Å². The van der Waals surface area contributed by atoms with Gasteiger partial charge in [0.05, 0.1) is 6.04 Å². The molecule has 1 amide bonds. The van der Waals surface area contributed by atoms with E-state index in [1.165, 1.54) is 5.56 Å². The third-order valence-electron chi connectivity index (χ3n) is 4.63. The molecule has 0 spiro atoms. The van der Waals surface area contributed by atoms with E-state index in [0.29, 0.717) is 24.8 Å². The molecule has 4 nitrogen and oxygen atoms in total. The molecule has 1 saturated heterocycles. The van der Waals surface area contributed by atoms with Crippen molar-refractivity contribution >= 4 is 5.91 Å². The Labute approximate surface area is 139 Å². The van der Waals surface area contributed by atoms with E-state index in [0.717, 1.165) is 25.9 Å². The Morgan fingerprint density at radius 2 is 1.91 bits per heavy atom. The molecule has 1 aromatic carbocycles. The van der Waals surface area contributed by atoms with E-state index < -0.39 is 0 Å². The summed E-state index contributed by atoms with van der Waals surface area (Å²) in [5.41, 5.74) is 1.40. The molecule has 0 aliphatic carbocycles. The number of benzene rings is 1. The fourth-order valence-electron chi connectivity index (χ4n) is 3.29. The van der Waals surface area contributed by atoms with Crippen molar-refractivity contribution in [1.82, 2.24) is 10.2 Å². The molecular formula is C19H30N2O2. The van der Waals surface area contributed by atoms with Crippen molar-refractivity contribution in [2.75, 3.05) is 26.2 Å². The third-order valence-corrected chi connectivity index (χ3v) is 4.63. The molecule has 23 heavy (non-hydrogen) atoms. The highest BCUT2D eigenvalue weighted by Gasteiger charge is 2.29. The standard InChI is InChI=1S/C19H30N2O2/c1-15(2)14-20-19(23)18(10-13-22)21-11-8-17(9-12-21)16-6-4-3-5-7-16/h3-7,15,17-18,22H,8-14H2,1-2H3,(H,20,23).